The van der Waals surface area contributed by atoms with Gasteiger partial charge in [-0.15, -0.1) is 0 Å². The number of aromatic nitrogens is 1. The van der Waals surface area contributed by atoms with Crippen LogP contribution in [0.1, 0.15) is 42.7 Å². The first-order valence-corrected chi connectivity index (χ1v) is 10.4. The van der Waals surface area contributed by atoms with Gasteiger partial charge < -0.3 is 5.32 Å². The van der Waals surface area contributed by atoms with E-state index in [1.54, 1.807) is 0 Å². The number of benzene rings is 2. The highest BCUT2D eigenvalue weighted by atomic mass is 16.1. The Balaban J connectivity index is 2.06. The normalized spacial score (nSPS) is 11.2. The lowest BCUT2D eigenvalue weighted by atomic mass is 9.92. The van der Waals surface area contributed by atoms with Gasteiger partial charge in [-0.2, -0.15) is 0 Å². The van der Waals surface area contributed by atoms with Crippen molar-refractivity contribution in [3.05, 3.63) is 102 Å². The summed E-state index contributed by atoms with van der Waals surface area (Å²) in [4.78, 5) is 16.3. The molecule has 1 aromatic heterocycles. The maximum atomic E-state index is 11.6. The number of carbonyl (C=O) groups excluding carboxylic acids is 1. The fourth-order valence-electron chi connectivity index (χ4n) is 3.48. The zero-order chi connectivity index (χ0) is 21.5. The van der Waals surface area contributed by atoms with Crippen molar-refractivity contribution in [2.24, 2.45) is 0 Å². The Morgan fingerprint density at radius 3 is 2.60 bits per heavy atom. The summed E-state index contributed by atoms with van der Waals surface area (Å²) in [6.07, 6.45) is 7.37. The number of aryl methyl sites for hydroxylation is 2. The Hall–Kier alpha value is -3.46. The third-order valence-corrected chi connectivity index (χ3v) is 5.08. The van der Waals surface area contributed by atoms with E-state index in [1.165, 1.54) is 22.8 Å². The number of hydrogen-bond acceptors (Lipinski definition) is 2. The molecule has 0 saturated heterocycles. The van der Waals surface area contributed by atoms with Crippen LogP contribution in [0.15, 0.2) is 79.5 Å². The zero-order valence-electron chi connectivity index (χ0n) is 17.9. The SMILES string of the molecule is C=CC(=O)Nc1cccc(-c2cnc(C)c(/C(=C\CC)c3cccc(CC)c3)c2)c1. The number of carbonyl (C=O) groups is 1. The Morgan fingerprint density at radius 1 is 1.07 bits per heavy atom. The minimum absolute atomic E-state index is 0.223. The van der Waals surface area contributed by atoms with Crippen molar-refractivity contribution in [1.29, 1.82) is 0 Å². The van der Waals surface area contributed by atoms with Crippen LogP contribution >= 0.6 is 0 Å². The van der Waals surface area contributed by atoms with Gasteiger partial charge in [-0.05, 0) is 66.3 Å². The summed E-state index contributed by atoms with van der Waals surface area (Å²) in [6.45, 7) is 9.89. The number of allylic oxidation sites excluding steroid dienone is 1. The summed E-state index contributed by atoms with van der Waals surface area (Å²) in [7, 11) is 0. The molecule has 152 valence electrons. The molecular weight excluding hydrogens is 368 g/mol. The van der Waals surface area contributed by atoms with E-state index < -0.39 is 0 Å². The molecule has 3 nitrogen and oxygen atoms in total. The van der Waals surface area contributed by atoms with Crippen LogP contribution in [-0.4, -0.2) is 10.9 Å². The fraction of sp³-hybridized carbons (Fsp3) is 0.185. The van der Waals surface area contributed by atoms with Crippen LogP contribution in [0.3, 0.4) is 0 Å². The van der Waals surface area contributed by atoms with Crippen LogP contribution in [0.4, 0.5) is 5.69 Å². The van der Waals surface area contributed by atoms with Gasteiger partial charge in [0, 0.05) is 28.7 Å². The Labute approximate surface area is 179 Å². The lowest BCUT2D eigenvalue weighted by Gasteiger charge is -2.14. The zero-order valence-corrected chi connectivity index (χ0v) is 17.9. The summed E-state index contributed by atoms with van der Waals surface area (Å²) in [5.74, 6) is -0.223. The molecule has 0 spiro atoms. The topological polar surface area (TPSA) is 42.0 Å². The van der Waals surface area contributed by atoms with Gasteiger partial charge in [0.1, 0.15) is 0 Å². The molecule has 0 aliphatic rings. The molecule has 3 rings (SSSR count). The quantitative estimate of drug-likeness (QED) is 0.458. The lowest BCUT2D eigenvalue weighted by molar-refractivity contribution is -0.111. The third kappa shape index (κ3) is 4.93. The number of anilines is 1. The standard InChI is InChI=1S/C27H28N2O/c1-5-10-25(22-13-8-11-20(6-2)15-22)26-17-23(18-28-19(26)4)21-12-9-14-24(16-21)29-27(30)7-3/h7-18H,3,5-6H2,1-2,4H3,(H,29,30)/b25-10-. The summed E-state index contributed by atoms with van der Waals surface area (Å²) < 4.78 is 0. The van der Waals surface area contributed by atoms with E-state index in [1.807, 2.05) is 37.4 Å². The van der Waals surface area contributed by atoms with Gasteiger partial charge in [0.25, 0.3) is 0 Å². The molecule has 1 heterocycles. The summed E-state index contributed by atoms with van der Waals surface area (Å²) in [5.41, 5.74) is 8.62. The van der Waals surface area contributed by atoms with Gasteiger partial charge in [0.15, 0.2) is 0 Å². The molecule has 2 aromatic carbocycles. The van der Waals surface area contributed by atoms with Gasteiger partial charge in [0.2, 0.25) is 5.91 Å². The highest BCUT2D eigenvalue weighted by Gasteiger charge is 2.12. The van der Waals surface area contributed by atoms with E-state index in [9.17, 15) is 4.79 Å². The van der Waals surface area contributed by atoms with Gasteiger partial charge in [-0.3, -0.25) is 9.78 Å². The van der Waals surface area contributed by atoms with Gasteiger partial charge in [-0.25, -0.2) is 0 Å². The molecule has 1 N–H and O–H groups in total. The molecule has 0 aliphatic carbocycles. The van der Waals surface area contributed by atoms with E-state index in [0.717, 1.165) is 40.9 Å². The van der Waals surface area contributed by atoms with Crippen molar-refractivity contribution in [2.45, 2.75) is 33.6 Å². The molecule has 3 heteroatoms. The smallest absolute Gasteiger partial charge is 0.247 e. The number of rotatable bonds is 7. The van der Waals surface area contributed by atoms with Gasteiger partial charge in [0.05, 0.1) is 0 Å². The molecule has 30 heavy (non-hydrogen) atoms. The minimum atomic E-state index is -0.223. The summed E-state index contributed by atoms with van der Waals surface area (Å²) in [6, 6.07) is 18.7. The van der Waals surface area contributed by atoms with Crippen LogP contribution in [0, 0.1) is 6.92 Å². The second-order valence-corrected chi connectivity index (χ2v) is 7.21. The first-order valence-electron chi connectivity index (χ1n) is 10.4. The Bertz CT molecular complexity index is 1100. The van der Waals surface area contributed by atoms with E-state index >= 15 is 0 Å². The van der Waals surface area contributed by atoms with Crippen LogP contribution in [0.2, 0.25) is 0 Å². The maximum Gasteiger partial charge on any atom is 0.247 e. The highest BCUT2D eigenvalue weighted by molar-refractivity contribution is 5.99. The molecule has 0 radical (unpaired) electrons. The fourth-order valence-corrected chi connectivity index (χ4v) is 3.48. The maximum absolute atomic E-state index is 11.6. The number of pyridine rings is 1. The summed E-state index contributed by atoms with van der Waals surface area (Å²) >= 11 is 0. The largest absolute Gasteiger partial charge is 0.323 e. The van der Waals surface area contributed by atoms with Crippen LogP contribution in [0.25, 0.3) is 16.7 Å². The van der Waals surface area contributed by atoms with E-state index in [4.69, 9.17) is 0 Å². The Morgan fingerprint density at radius 2 is 1.87 bits per heavy atom. The third-order valence-electron chi connectivity index (χ3n) is 5.08. The molecule has 0 fully saturated rings. The predicted molar refractivity (Wildman–Crippen MR) is 126 cm³/mol. The van der Waals surface area contributed by atoms with Gasteiger partial charge >= 0.3 is 0 Å². The number of nitrogens with one attached hydrogen (secondary N) is 1. The van der Waals surface area contributed by atoms with Crippen molar-refractivity contribution in [1.82, 2.24) is 4.98 Å². The number of nitrogens with zero attached hydrogens (tertiary/aromatic N) is 1. The van der Waals surface area contributed by atoms with Crippen molar-refractivity contribution < 1.29 is 4.79 Å². The van der Waals surface area contributed by atoms with E-state index in [0.29, 0.717) is 0 Å². The minimum Gasteiger partial charge on any atom is -0.323 e. The average molecular weight is 397 g/mol. The van der Waals surface area contributed by atoms with Crippen molar-refractivity contribution in [3.63, 3.8) is 0 Å². The Kier molecular flexibility index (Phi) is 6.97. The number of amides is 1. The van der Waals surface area contributed by atoms with Crippen molar-refractivity contribution in [3.8, 4) is 11.1 Å². The molecule has 1 amide bonds. The highest BCUT2D eigenvalue weighted by Crippen LogP contribution is 2.31. The lowest BCUT2D eigenvalue weighted by Crippen LogP contribution is -2.07. The molecule has 0 aliphatic heterocycles. The second-order valence-electron chi connectivity index (χ2n) is 7.21. The molecule has 0 saturated carbocycles. The molecule has 3 aromatic rings. The molecule has 0 bridgehead atoms. The first kappa shape index (κ1) is 21.3. The summed E-state index contributed by atoms with van der Waals surface area (Å²) in [5, 5.41) is 2.82. The van der Waals surface area contributed by atoms with Crippen molar-refractivity contribution >= 4 is 17.2 Å². The first-order chi connectivity index (χ1) is 14.5. The number of hydrogen-bond donors (Lipinski definition) is 1. The molecular formula is C27H28N2O. The molecule has 0 atom stereocenters. The van der Waals surface area contributed by atoms with E-state index in [-0.39, 0.29) is 5.91 Å². The van der Waals surface area contributed by atoms with Gasteiger partial charge in [-0.1, -0.05) is 62.9 Å². The predicted octanol–water partition coefficient (Wildman–Crippen LogP) is 6.59. The van der Waals surface area contributed by atoms with Crippen LogP contribution in [0.5, 0.6) is 0 Å². The second kappa shape index (κ2) is 9.84. The van der Waals surface area contributed by atoms with Crippen molar-refractivity contribution in [2.75, 3.05) is 5.32 Å². The average Bonchev–Trinajstić information content (AvgIpc) is 2.78. The molecule has 0 unspecified atom stereocenters. The van der Waals surface area contributed by atoms with E-state index in [2.05, 4.69) is 67.1 Å². The van der Waals surface area contributed by atoms with Crippen LogP contribution < -0.4 is 5.32 Å². The van der Waals surface area contributed by atoms with Crippen LogP contribution in [-0.2, 0) is 11.2 Å². The monoisotopic (exact) mass is 396 g/mol.